The van der Waals surface area contributed by atoms with Gasteiger partial charge in [0.15, 0.2) is 0 Å². The molecule has 0 spiro atoms. The quantitative estimate of drug-likeness (QED) is 0.333. The van der Waals surface area contributed by atoms with E-state index in [9.17, 15) is 13.6 Å². The van der Waals surface area contributed by atoms with Gasteiger partial charge in [-0.1, -0.05) is 12.1 Å². The number of rotatable bonds is 8. The first-order valence-electron chi connectivity index (χ1n) is 13.6. The molecule has 0 atom stereocenters. The predicted octanol–water partition coefficient (Wildman–Crippen LogP) is 3.45. The van der Waals surface area contributed by atoms with Gasteiger partial charge in [-0.3, -0.25) is 13.9 Å². The van der Waals surface area contributed by atoms with E-state index in [0.717, 1.165) is 44.2 Å². The van der Waals surface area contributed by atoms with Crippen molar-refractivity contribution in [1.29, 1.82) is 0 Å². The summed E-state index contributed by atoms with van der Waals surface area (Å²) in [5.74, 6) is -2.27. The first-order chi connectivity index (χ1) is 19.2. The molecule has 2 saturated heterocycles. The van der Waals surface area contributed by atoms with Crippen LogP contribution in [0.25, 0.3) is 11.2 Å². The molecule has 2 aliphatic heterocycles. The Balaban J connectivity index is 1.37. The number of aromatic nitrogens is 5. The highest BCUT2D eigenvalue weighted by molar-refractivity contribution is 5.58. The largest absolute Gasteiger partial charge is 0.381 e. The molecular weight excluding hydrogens is 518 g/mol. The lowest BCUT2D eigenvalue weighted by Gasteiger charge is -2.41. The van der Waals surface area contributed by atoms with Crippen molar-refractivity contribution in [1.82, 2.24) is 28.6 Å². The number of aryl methyl sites for hydroxylation is 1. The van der Waals surface area contributed by atoms with E-state index in [1.807, 2.05) is 35.9 Å². The average molecular weight is 553 g/mol. The van der Waals surface area contributed by atoms with Crippen molar-refractivity contribution in [3.8, 4) is 5.69 Å². The van der Waals surface area contributed by atoms with E-state index >= 15 is 0 Å². The second kappa shape index (κ2) is 10.2. The number of ether oxygens (including phenoxy) is 2. The molecule has 1 aromatic carbocycles. The summed E-state index contributed by atoms with van der Waals surface area (Å²) in [6, 6.07) is 9.22. The number of fused-ring (bicyclic) bond motifs is 1. The maximum Gasteiger partial charge on any atom is 0.337 e. The fourth-order valence-corrected chi connectivity index (χ4v) is 5.90. The number of halogens is 2. The lowest BCUT2D eigenvalue weighted by molar-refractivity contribution is -0.0611. The lowest BCUT2D eigenvalue weighted by atomic mass is 9.75. The SMILES string of the molecule is COC1CCN(Cc2cc(C(C)(F)F)c3cn(-c4cccc(C5(Cc6nncn6C)COC5)c4)c(=O)n3c2)CC1. The molecule has 0 amide bonds. The van der Waals surface area contributed by atoms with Gasteiger partial charge in [-0.05, 0) is 42.2 Å². The van der Waals surface area contributed by atoms with E-state index in [4.69, 9.17) is 9.47 Å². The Morgan fingerprint density at radius 3 is 2.58 bits per heavy atom. The van der Waals surface area contributed by atoms with Gasteiger partial charge in [-0.15, -0.1) is 10.2 Å². The van der Waals surface area contributed by atoms with Crippen molar-refractivity contribution in [2.24, 2.45) is 7.05 Å². The molecule has 11 heteroatoms. The lowest BCUT2D eigenvalue weighted by Crippen LogP contribution is -2.49. The molecule has 4 aromatic rings. The molecule has 2 aliphatic rings. The zero-order chi connectivity index (χ0) is 28.1. The fourth-order valence-electron chi connectivity index (χ4n) is 5.90. The van der Waals surface area contributed by atoms with Gasteiger partial charge >= 0.3 is 5.69 Å². The number of piperidine rings is 1. The monoisotopic (exact) mass is 552 g/mol. The summed E-state index contributed by atoms with van der Waals surface area (Å²) < 4.78 is 45.6. The number of benzene rings is 1. The molecule has 6 rings (SSSR count). The van der Waals surface area contributed by atoms with Crippen molar-refractivity contribution >= 4 is 5.52 Å². The fraction of sp³-hybridized carbons (Fsp3) is 0.483. The number of pyridine rings is 1. The van der Waals surface area contributed by atoms with Gasteiger partial charge < -0.3 is 14.0 Å². The minimum atomic E-state index is -3.12. The van der Waals surface area contributed by atoms with Gasteiger partial charge in [0.1, 0.15) is 12.2 Å². The number of hydrogen-bond acceptors (Lipinski definition) is 6. The molecule has 40 heavy (non-hydrogen) atoms. The highest BCUT2D eigenvalue weighted by atomic mass is 19.3. The number of methoxy groups -OCH3 is 1. The topological polar surface area (TPSA) is 78.8 Å². The Hall–Kier alpha value is -3.41. The summed E-state index contributed by atoms with van der Waals surface area (Å²) in [6.45, 7) is 4.05. The zero-order valence-electron chi connectivity index (χ0n) is 23.0. The Bertz CT molecular complexity index is 1570. The molecule has 5 heterocycles. The van der Waals surface area contributed by atoms with Gasteiger partial charge in [-0.25, -0.2) is 13.6 Å². The van der Waals surface area contributed by atoms with Crippen molar-refractivity contribution in [3.05, 3.63) is 82.1 Å². The Morgan fingerprint density at radius 2 is 1.95 bits per heavy atom. The number of alkyl halides is 2. The van der Waals surface area contributed by atoms with Crippen molar-refractivity contribution in [2.45, 2.75) is 50.2 Å². The van der Waals surface area contributed by atoms with Crippen LogP contribution in [0.15, 0.2) is 53.8 Å². The van der Waals surface area contributed by atoms with Gasteiger partial charge in [0, 0.05) is 70.5 Å². The van der Waals surface area contributed by atoms with Crippen LogP contribution in [0.3, 0.4) is 0 Å². The molecule has 0 aliphatic carbocycles. The molecule has 0 bridgehead atoms. The third-order valence-electron chi connectivity index (χ3n) is 8.37. The van der Waals surface area contributed by atoms with Gasteiger partial charge in [0.05, 0.1) is 30.5 Å². The van der Waals surface area contributed by atoms with Crippen LogP contribution < -0.4 is 5.69 Å². The van der Waals surface area contributed by atoms with Crippen LogP contribution in [0.4, 0.5) is 8.78 Å². The van der Waals surface area contributed by atoms with Gasteiger partial charge in [0.2, 0.25) is 0 Å². The Morgan fingerprint density at radius 1 is 1.18 bits per heavy atom. The minimum absolute atomic E-state index is 0.157. The number of hydrogen-bond donors (Lipinski definition) is 0. The predicted molar refractivity (Wildman–Crippen MR) is 145 cm³/mol. The van der Waals surface area contributed by atoms with E-state index in [-0.39, 0.29) is 28.3 Å². The maximum atomic E-state index is 14.9. The van der Waals surface area contributed by atoms with Crippen molar-refractivity contribution in [2.75, 3.05) is 33.4 Å². The zero-order valence-corrected chi connectivity index (χ0v) is 23.0. The molecule has 0 saturated carbocycles. The summed E-state index contributed by atoms with van der Waals surface area (Å²) in [7, 11) is 3.62. The second-order valence-corrected chi connectivity index (χ2v) is 11.3. The molecule has 2 fully saturated rings. The van der Waals surface area contributed by atoms with Crippen LogP contribution in [0.1, 0.15) is 42.3 Å². The molecule has 0 radical (unpaired) electrons. The van der Waals surface area contributed by atoms with E-state index < -0.39 is 5.92 Å². The smallest absolute Gasteiger partial charge is 0.337 e. The summed E-state index contributed by atoms with van der Waals surface area (Å²) in [5.41, 5.74) is 1.66. The van der Waals surface area contributed by atoms with Gasteiger partial charge in [-0.2, -0.15) is 0 Å². The highest BCUT2D eigenvalue weighted by Gasteiger charge is 2.42. The molecule has 0 unspecified atom stereocenters. The second-order valence-electron chi connectivity index (χ2n) is 11.3. The number of likely N-dealkylation sites (tertiary alicyclic amines) is 1. The highest BCUT2D eigenvalue weighted by Crippen LogP contribution is 2.37. The van der Waals surface area contributed by atoms with E-state index in [0.29, 0.717) is 37.4 Å². The third-order valence-corrected chi connectivity index (χ3v) is 8.37. The van der Waals surface area contributed by atoms with Crippen LogP contribution >= 0.6 is 0 Å². The molecule has 9 nitrogen and oxygen atoms in total. The number of imidazole rings is 1. The standard InChI is InChI=1S/C29H34F2N6O3/c1-28(30,31)24-11-20(14-35-9-7-23(39-3)8-10-35)15-37-25(24)16-36(27(37)38)22-6-4-5-21(12-22)29(17-40-18-29)13-26-33-32-19-34(26)2/h4-6,11-12,15-16,19,23H,7-10,13-14,17-18H2,1-3H3. The van der Waals surface area contributed by atoms with Crippen LogP contribution in [0.2, 0.25) is 0 Å². The molecule has 3 aromatic heterocycles. The van der Waals surface area contributed by atoms with E-state index in [1.54, 1.807) is 25.7 Å². The summed E-state index contributed by atoms with van der Waals surface area (Å²) in [5, 5.41) is 8.23. The minimum Gasteiger partial charge on any atom is -0.381 e. The van der Waals surface area contributed by atoms with Crippen molar-refractivity contribution in [3.63, 3.8) is 0 Å². The summed E-state index contributed by atoms with van der Waals surface area (Å²) in [4.78, 5) is 15.9. The van der Waals surface area contributed by atoms with E-state index in [2.05, 4.69) is 15.1 Å². The third kappa shape index (κ3) is 4.86. The summed E-state index contributed by atoms with van der Waals surface area (Å²) >= 11 is 0. The van der Waals surface area contributed by atoms with Crippen LogP contribution in [0.5, 0.6) is 0 Å². The first kappa shape index (κ1) is 26.8. The van der Waals surface area contributed by atoms with Crippen LogP contribution in [-0.4, -0.2) is 68.1 Å². The van der Waals surface area contributed by atoms with Crippen molar-refractivity contribution < 1.29 is 18.3 Å². The van der Waals surface area contributed by atoms with Gasteiger partial charge in [0.25, 0.3) is 5.92 Å². The van der Waals surface area contributed by atoms with Crippen LogP contribution in [-0.2, 0) is 40.8 Å². The Kier molecular flexibility index (Phi) is 6.84. The molecule has 0 N–H and O–H groups in total. The van der Waals surface area contributed by atoms with Crippen LogP contribution in [0, 0.1) is 0 Å². The number of nitrogens with zero attached hydrogens (tertiary/aromatic N) is 6. The summed E-state index contributed by atoms with van der Waals surface area (Å²) in [6.07, 6.45) is 7.54. The Labute approximate surface area is 230 Å². The first-order valence-corrected chi connectivity index (χ1v) is 13.6. The maximum absolute atomic E-state index is 14.9. The molecule has 212 valence electrons. The average Bonchev–Trinajstić information content (AvgIpc) is 3.48. The normalized spacial score (nSPS) is 18.3. The van der Waals surface area contributed by atoms with E-state index in [1.165, 1.54) is 15.2 Å². The molecular formula is C29H34F2N6O3.